The molecule has 0 saturated heterocycles. The first-order valence-electron chi connectivity index (χ1n) is 13.2. The summed E-state index contributed by atoms with van der Waals surface area (Å²) < 4.78 is 34.1. The molecule has 0 bridgehead atoms. The Bertz CT molecular complexity index is 1580. The third-order valence-corrected chi connectivity index (χ3v) is 9.19. The first-order valence-corrected chi connectivity index (χ1v) is 15.4. The zero-order valence-corrected chi connectivity index (χ0v) is 26.4. The highest BCUT2D eigenvalue weighted by Gasteiger charge is 2.34. The highest BCUT2D eigenvalue weighted by molar-refractivity contribution is 7.92. The average molecular weight is 652 g/mol. The Balaban J connectivity index is 2.12. The van der Waals surface area contributed by atoms with Gasteiger partial charge in [-0.15, -0.1) is 0 Å². The molecule has 0 spiro atoms. The second kappa shape index (κ2) is 14.5. The molecule has 11 nitrogen and oxygen atoms in total. The standard InChI is InChI=1S/C29H32Cl2N4O7S/c1-5-15-32-29(37)20(3)33(17-24-25(30)7-6-8-26(24)31)28(36)18-34(21-10-12-22(42-4)13-11-21)43(40,41)23-14-9-19(2)27(16-23)35(38)39/h6-14,16,20H,5,15,17-18H2,1-4H3,(H,32,37)/t20-/m0/s1. The van der Waals surface area contributed by atoms with E-state index in [4.69, 9.17) is 27.9 Å². The van der Waals surface area contributed by atoms with Crippen LogP contribution in [0.2, 0.25) is 10.0 Å². The van der Waals surface area contributed by atoms with Crippen LogP contribution in [0.4, 0.5) is 11.4 Å². The number of anilines is 1. The summed E-state index contributed by atoms with van der Waals surface area (Å²) in [5.41, 5.74) is 0.350. The molecule has 0 aromatic heterocycles. The Hall–Kier alpha value is -3.87. The highest BCUT2D eigenvalue weighted by Crippen LogP contribution is 2.31. The van der Waals surface area contributed by atoms with Crippen LogP contribution in [0.1, 0.15) is 31.4 Å². The number of nitro groups is 1. The molecule has 0 heterocycles. The lowest BCUT2D eigenvalue weighted by molar-refractivity contribution is -0.385. The lowest BCUT2D eigenvalue weighted by Crippen LogP contribution is -2.51. The van der Waals surface area contributed by atoms with Gasteiger partial charge in [0.15, 0.2) is 0 Å². The third kappa shape index (κ3) is 7.95. The van der Waals surface area contributed by atoms with Gasteiger partial charge in [0.1, 0.15) is 18.3 Å². The maximum absolute atomic E-state index is 14.0. The number of nitrogens with zero attached hydrogens (tertiary/aromatic N) is 3. The summed E-state index contributed by atoms with van der Waals surface area (Å²) in [4.78, 5) is 38.7. The van der Waals surface area contributed by atoms with E-state index in [1.807, 2.05) is 6.92 Å². The zero-order chi connectivity index (χ0) is 31.9. The maximum Gasteiger partial charge on any atom is 0.273 e. The summed E-state index contributed by atoms with van der Waals surface area (Å²) in [7, 11) is -3.09. The number of hydrogen-bond donors (Lipinski definition) is 1. The number of methoxy groups -OCH3 is 1. The van der Waals surface area contributed by atoms with E-state index in [1.54, 1.807) is 18.2 Å². The van der Waals surface area contributed by atoms with Crippen molar-refractivity contribution in [1.82, 2.24) is 10.2 Å². The second-order valence-electron chi connectivity index (χ2n) is 9.60. The zero-order valence-electron chi connectivity index (χ0n) is 24.0. The predicted octanol–water partition coefficient (Wildman–Crippen LogP) is 5.36. The number of nitrogens with one attached hydrogen (secondary N) is 1. The SMILES string of the molecule is CCCNC(=O)[C@H](C)N(Cc1c(Cl)cccc1Cl)C(=O)CN(c1ccc(OC)cc1)S(=O)(=O)c1ccc(C)c([N+](=O)[O-])c1. The van der Waals surface area contributed by atoms with E-state index in [1.165, 1.54) is 62.3 Å². The molecule has 0 unspecified atom stereocenters. The molecule has 0 aliphatic rings. The van der Waals surface area contributed by atoms with Gasteiger partial charge < -0.3 is 15.0 Å². The predicted molar refractivity (Wildman–Crippen MR) is 165 cm³/mol. The fraction of sp³-hybridized carbons (Fsp3) is 0.310. The van der Waals surface area contributed by atoms with E-state index in [0.717, 1.165) is 10.4 Å². The molecule has 230 valence electrons. The molecule has 14 heteroatoms. The summed E-state index contributed by atoms with van der Waals surface area (Å²) in [6.45, 7) is 4.32. The largest absolute Gasteiger partial charge is 0.497 e. The van der Waals surface area contributed by atoms with E-state index in [9.17, 15) is 28.1 Å². The number of halogens is 2. The van der Waals surface area contributed by atoms with Crippen LogP contribution in [0.15, 0.2) is 65.6 Å². The van der Waals surface area contributed by atoms with Crippen molar-refractivity contribution in [1.29, 1.82) is 0 Å². The minimum atomic E-state index is -4.54. The van der Waals surface area contributed by atoms with Gasteiger partial charge in [-0.1, -0.05) is 42.3 Å². The molecular weight excluding hydrogens is 619 g/mol. The first kappa shape index (κ1) is 33.6. The minimum Gasteiger partial charge on any atom is -0.497 e. The van der Waals surface area contributed by atoms with Crippen LogP contribution in [-0.4, -0.2) is 56.3 Å². The van der Waals surface area contributed by atoms with Crippen molar-refractivity contribution in [2.24, 2.45) is 0 Å². The molecule has 2 amide bonds. The van der Waals surface area contributed by atoms with Crippen molar-refractivity contribution in [2.45, 2.75) is 44.7 Å². The lowest BCUT2D eigenvalue weighted by atomic mass is 10.1. The Morgan fingerprint density at radius 2 is 1.70 bits per heavy atom. The van der Waals surface area contributed by atoms with E-state index < -0.39 is 45.0 Å². The van der Waals surface area contributed by atoms with Crippen LogP contribution < -0.4 is 14.4 Å². The second-order valence-corrected chi connectivity index (χ2v) is 12.3. The molecule has 0 fully saturated rings. The Labute approximate surface area is 260 Å². The number of amides is 2. The maximum atomic E-state index is 14.0. The molecule has 0 saturated carbocycles. The number of aryl methyl sites for hydroxylation is 1. The topological polar surface area (TPSA) is 139 Å². The summed E-state index contributed by atoms with van der Waals surface area (Å²) in [5, 5.41) is 14.9. The van der Waals surface area contributed by atoms with Gasteiger partial charge in [-0.2, -0.15) is 0 Å². The Morgan fingerprint density at radius 3 is 2.26 bits per heavy atom. The molecule has 1 atom stereocenters. The molecule has 43 heavy (non-hydrogen) atoms. The number of carbonyl (C=O) groups is 2. The van der Waals surface area contributed by atoms with Crippen LogP contribution in [0.3, 0.4) is 0 Å². The van der Waals surface area contributed by atoms with Gasteiger partial charge >= 0.3 is 0 Å². The molecule has 0 aliphatic heterocycles. The first-order chi connectivity index (χ1) is 20.3. The van der Waals surface area contributed by atoms with Gasteiger partial charge in [-0.3, -0.25) is 24.0 Å². The summed E-state index contributed by atoms with van der Waals surface area (Å²) in [6, 6.07) is 13.2. The molecule has 3 aromatic rings. The van der Waals surface area contributed by atoms with Crippen molar-refractivity contribution >= 4 is 56.4 Å². The van der Waals surface area contributed by atoms with Gasteiger partial charge in [0.05, 0.1) is 22.6 Å². The summed E-state index contributed by atoms with van der Waals surface area (Å²) in [6.07, 6.45) is 0.662. The van der Waals surface area contributed by atoms with Gasteiger partial charge in [0.25, 0.3) is 15.7 Å². The number of ether oxygens (including phenoxy) is 1. The number of nitro benzene ring substituents is 1. The molecule has 0 aliphatic carbocycles. The van der Waals surface area contributed by atoms with Crippen molar-refractivity contribution in [2.75, 3.05) is 24.5 Å². The van der Waals surface area contributed by atoms with Crippen LogP contribution in [0.5, 0.6) is 5.75 Å². The summed E-state index contributed by atoms with van der Waals surface area (Å²) in [5.74, 6) is -0.753. The van der Waals surface area contributed by atoms with Gasteiger partial charge in [0, 0.05) is 40.3 Å². The lowest BCUT2D eigenvalue weighted by Gasteiger charge is -2.32. The third-order valence-electron chi connectivity index (χ3n) is 6.71. The van der Waals surface area contributed by atoms with Crippen LogP contribution >= 0.6 is 23.2 Å². The van der Waals surface area contributed by atoms with Crippen LogP contribution in [0, 0.1) is 17.0 Å². The van der Waals surface area contributed by atoms with E-state index in [2.05, 4.69) is 5.32 Å². The van der Waals surface area contributed by atoms with Gasteiger partial charge in [0.2, 0.25) is 11.8 Å². The normalized spacial score (nSPS) is 11.9. The minimum absolute atomic E-state index is 0.0937. The molecule has 3 rings (SSSR count). The van der Waals surface area contributed by atoms with Crippen molar-refractivity contribution in [3.63, 3.8) is 0 Å². The van der Waals surface area contributed by atoms with Crippen molar-refractivity contribution in [3.05, 3.63) is 92.0 Å². The summed E-state index contributed by atoms with van der Waals surface area (Å²) >= 11 is 12.8. The number of benzene rings is 3. The van der Waals surface area contributed by atoms with E-state index >= 15 is 0 Å². The van der Waals surface area contributed by atoms with Gasteiger partial charge in [-0.25, -0.2) is 8.42 Å². The van der Waals surface area contributed by atoms with E-state index in [0.29, 0.717) is 24.3 Å². The average Bonchev–Trinajstić information content (AvgIpc) is 2.98. The fourth-order valence-corrected chi connectivity index (χ4v) is 6.13. The smallest absolute Gasteiger partial charge is 0.273 e. The Kier molecular flexibility index (Phi) is 11.4. The van der Waals surface area contributed by atoms with Crippen molar-refractivity contribution < 1.29 is 27.7 Å². The molecule has 3 aromatic carbocycles. The number of rotatable bonds is 13. The molecule has 1 N–H and O–H groups in total. The monoisotopic (exact) mass is 650 g/mol. The van der Waals surface area contributed by atoms with Gasteiger partial charge in [-0.05, 0) is 62.7 Å². The number of carbonyl (C=O) groups excluding carboxylic acids is 2. The number of hydrogen-bond acceptors (Lipinski definition) is 7. The fourth-order valence-electron chi connectivity index (χ4n) is 4.18. The van der Waals surface area contributed by atoms with Crippen LogP contribution in [-0.2, 0) is 26.2 Å². The molecule has 0 radical (unpaired) electrons. The Morgan fingerprint density at radius 1 is 1.07 bits per heavy atom. The highest BCUT2D eigenvalue weighted by atomic mass is 35.5. The van der Waals surface area contributed by atoms with Crippen molar-refractivity contribution in [3.8, 4) is 5.75 Å². The number of sulfonamides is 1. The van der Waals surface area contributed by atoms with E-state index in [-0.39, 0.29) is 32.7 Å². The van der Waals surface area contributed by atoms with Crippen LogP contribution in [0.25, 0.3) is 0 Å². The molecular formula is C29H32Cl2N4O7S. The quantitative estimate of drug-likeness (QED) is 0.194.